The maximum atomic E-state index is 9.84. The number of hydrogen-bond acceptors (Lipinski definition) is 2. The van der Waals surface area contributed by atoms with E-state index in [4.69, 9.17) is 23.2 Å². The monoisotopic (exact) mass is 248 g/mol. The first kappa shape index (κ1) is 10.6. The van der Waals surface area contributed by atoms with Crippen molar-refractivity contribution in [1.82, 2.24) is 0 Å². The molecule has 76 valence electrons. The van der Waals surface area contributed by atoms with Crippen LogP contribution in [0.3, 0.4) is 0 Å². The topological polar surface area (TPSA) is 20.2 Å². The Morgan fingerprint density at radius 1 is 1.36 bits per heavy atom. The normalized spacial score (nSPS) is 21.5. The van der Waals surface area contributed by atoms with Gasteiger partial charge in [0.1, 0.15) is 0 Å². The Bertz CT molecular complexity index is 354. The zero-order chi connectivity index (χ0) is 10.1. The van der Waals surface area contributed by atoms with Gasteiger partial charge < -0.3 is 5.11 Å². The van der Waals surface area contributed by atoms with Crippen molar-refractivity contribution in [1.29, 1.82) is 0 Å². The van der Waals surface area contributed by atoms with E-state index in [2.05, 4.69) is 0 Å². The van der Waals surface area contributed by atoms with E-state index < -0.39 is 6.10 Å². The van der Waals surface area contributed by atoms with Crippen LogP contribution in [0.4, 0.5) is 0 Å². The van der Waals surface area contributed by atoms with Gasteiger partial charge in [0.05, 0.1) is 16.1 Å². The Kier molecular flexibility index (Phi) is 3.27. The average molecular weight is 249 g/mol. The van der Waals surface area contributed by atoms with E-state index >= 15 is 0 Å². The van der Waals surface area contributed by atoms with Crippen molar-refractivity contribution in [2.75, 3.05) is 5.75 Å². The molecular weight excluding hydrogens is 239 g/mol. The summed E-state index contributed by atoms with van der Waals surface area (Å²) in [6.07, 6.45) is 0.394. The van der Waals surface area contributed by atoms with E-state index in [0.29, 0.717) is 10.0 Å². The maximum absolute atomic E-state index is 9.84. The van der Waals surface area contributed by atoms with Crippen molar-refractivity contribution in [2.24, 2.45) is 0 Å². The Morgan fingerprint density at radius 2 is 2.14 bits per heavy atom. The number of hydrogen-bond donors (Lipinski definition) is 1. The SMILES string of the molecule is O[C@H]1CCSCc2c1ccc(Cl)c2Cl. The Balaban J connectivity index is 2.53. The highest BCUT2D eigenvalue weighted by molar-refractivity contribution is 7.98. The Labute approximate surface area is 97.4 Å². The lowest BCUT2D eigenvalue weighted by Gasteiger charge is -2.12. The minimum absolute atomic E-state index is 0.394. The van der Waals surface area contributed by atoms with Crippen LogP contribution in [0.25, 0.3) is 0 Å². The van der Waals surface area contributed by atoms with Gasteiger partial charge in [-0.1, -0.05) is 29.3 Å². The predicted octanol–water partition coefficient (Wildman–Crippen LogP) is 3.66. The first-order valence-corrected chi connectivity index (χ1v) is 6.34. The van der Waals surface area contributed by atoms with Gasteiger partial charge in [-0.2, -0.15) is 11.8 Å². The van der Waals surface area contributed by atoms with Crippen molar-refractivity contribution in [3.05, 3.63) is 33.3 Å². The fourth-order valence-electron chi connectivity index (χ4n) is 1.59. The quantitative estimate of drug-likeness (QED) is 0.757. The maximum Gasteiger partial charge on any atom is 0.0801 e. The molecular formula is C10H10Cl2OS. The number of thioether (sulfide) groups is 1. The highest BCUT2D eigenvalue weighted by Gasteiger charge is 2.19. The summed E-state index contributed by atoms with van der Waals surface area (Å²) in [5.41, 5.74) is 1.93. The van der Waals surface area contributed by atoms with Crippen molar-refractivity contribution in [3.8, 4) is 0 Å². The van der Waals surface area contributed by atoms with Gasteiger partial charge in [-0.15, -0.1) is 0 Å². The molecule has 0 bridgehead atoms. The average Bonchev–Trinajstić information content (AvgIpc) is 2.35. The lowest BCUT2D eigenvalue weighted by atomic mass is 10.0. The van der Waals surface area contributed by atoms with E-state index in [1.807, 2.05) is 6.07 Å². The first-order chi connectivity index (χ1) is 6.70. The molecule has 0 unspecified atom stereocenters. The summed E-state index contributed by atoms with van der Waals surface area (Å²) in [6.45, 7) is 0. The molecule has 0 radical (unpaired) electrons. The molecule has 1 aliphatic heterocycles. The minimum atomic E-state index is -0.394. The van der Waals surface area contributed by atoms with Gasteiger partial charge in [0.15, 0.2) is 0 Å². The van der Waals surface area contributed by atoms with Crippen LogP contribution >= 0.6 is 35.0 Å². The molecule has 14 heavy (non-hydrogen) atoms. The van der Waals surface area contributed by atoms with Crippen LogP contribution in [0.5, 0.6) is 0 Å². The molecule has 1 heterocycles. The van der Waals surface area contributed by atoms with Crippen LogP contribution in [0.15, 0.2) is 12.1 Å². The van der Waals surface area contributed by atoms with Crippen molar-refractivity contribution < 1.29 is 5.11 Å². The fourth-order valence-corrected chi connectivity index (χ4v) is 3.14. The highest BCUT2D eigenvalue weighted by Crippen LogP contribution is 2.37. The van der Waals surface area contributed by atoms with Gasteiger partial charge in [-0.3, -0.25) is 0 Å². The molecule has 1 aliphatic rings. The summed E-state index contributed by atoms with van der Waals surface area (Å²) in [5, 5.41) is 11.0. The van der Waals surface area contributed by atoms with Gasteiger partial charge in [0.2, 0.25) is 0 Å². The summed E-state index contributed by atoms with van der Waals surface area (Å²) in [5.74, 6) is 1.80. The number of fused-ring (bicyclic) bond motifs is 1. The molecule has 1 nitrogen and oxygen atoms in total. The summed E-state index contributed by atoms with van der Waals surface area (Å²) < 4.78 is 0. The number of rotatable bonds is 0. The summed E-state index contributed by atoms with van der Waals surface area (Å²) in [6, 6.07) is 3.63. The Hall–Kier alpha value is 0.110. The standard InChI is InChI=1S/C10H10Cl2OS/c11-8-2-1-6-7(10(8)12)5-14-4-3-9(6)13/h1-2,9,13H,3-5H2/t9-/m0/s1. The van der Waals surface area contributed by atoms with Gasteiger partial charge in [0.25, 0.3) is 0 Å². The predicted molar refractivity (Wildman–Crippen MR) is 62.2 cm³/mol. The molecule has 0 fully saturated rings. The second kappa shape index (κ2) is 4.31. The number of aliphatic hydroxyl groups excluding tert-OH is 1. The second-order valence-corrected chi connectivity index (χ2v) is 5.18. The van der Waals surface area contributed by atoms with E-state index in [9.17, 15) is 5.11 Å². The number of aliphatic hydroxyl groups is 1. The number of benzene rings is 1. The van der Waals surface area contributed by atoms with Gasteiger partial charge in [-0.25, -0.2) is 0 Å². The van der Waals surface area contributed by atoms with Crippen LogP contribution in [0.2, 0.25) is 10.0 Å². The molecule has 1 N–H and O–H groups in total. The minimum Gasteiger partial charge on any atom is -0.388 e. The summed E-state index contributed by atoms with van der Waals surface area (Å²) in [4.78, 5) is 0. The molecule has 1 atom stereocenters. The van der Waals surface area contributed by atoms with Crippen LogP contribution < -0.4 is 0 Å². The molecule has 4 heteroatoms. The van der Waals surface area contributed by atoms with E-state index in [1.165, 1.54) is 0 Å². The van der Waals surface area contributed by atoms with Gasteiger partial charge in [-0.05, 0) is 29.4 Å². The third-order valence-electron chi connectivity index (χ3n) is 2.37. The van der Waals surface area contributed by atoms with Gasteiger partial charge in [0, 0.05) is 5.75 Å². The van der Waals surface area contributed by atoms with Crippen molar-refractivity contribution in [3.63, 3.8) is 0 Å². The molecule has 0 aromatic heterocycles. The zero-order valence-electron chi connectivity index (χ0n) is 7.46. The summed E-state index contributed by atoms with van der Waals surface area (Å²) in [7, 11) is 0. The van der Waals surface area contributed by atoms with Crippen molar-refractivity contribution in [2.45, 2.75) is 18.3 Å². The molecule has 0 saturated heterocycles. The third kappa shape index (κ3) is 1.89. The largest absolute Gasteiger partial charge is 0.388 e. The smallest absolute Gasteiger partial charge is 0.0801 e. The van der Waals surface area contributed by atoms with Crippen LogP contribution in [-0.2, 0) is 5.75 Å². The summed E-state index contributed by atoms with van der Waals surface area (Å²) >= 11 is 13.8. The molecule has 0 aliphatic carbocycles. The first-order valence-electron chi connectivity index (χ1n) is 4.42. The molecule has 0 spiro atoms. The Morgan fingerprint density at radius 3 is 2.93 bits per heavy atom. The highest BCUT2D eigenvalue weighted by atomic mass is 35.5. The lowest BCUT2D eigenvalue weighted by molar-refractivity contribution is 0.175. The second-order valence-electron chi connectivity index (χ2n) is 3.29. The van der Waals surface area contributed by atoms with Gasteiger partial charge >= 0.3 is 0 Å². The molecule has 2 rings (SSSR count). The van der Waals surface area contributed by atoms with Crippen molar-refractivity contribution >= 4 is 35.0 Å². The van der Waals surface area contributed by atoms with E-state index in [0.717, 1.165) is 29.1 Å². The zero-order valence-corrected chi connectivity index (χ0v) is 9.79. The van der Waals surface area contributed by atoms with Crippen LogP contribution in [0.1, 0.15) is 23.7 Å². The molecule has 0 amide bonds. The number of halogens is 2. The lowest BCUT2D eigenvalue weighted by Crippen LogP contribution is -2.00. The van der Waals surface area contributed by atoms with E-state index in [-0.39, 0.29) is 0 Å². The molecule has 0 saturated carbocycles. The van der Waals surface area contributed by atoms with E-state index in [1.54, 1.807) is 17.8 Å². The molecule has 1 aromatic carbocycles. The third-order valence-corrected chi connectivity index (χ3v) is 4.23. The van der Waals surface area contributed by atoms with Crippen LogP contribution in [0, 0.1) is 0 Å². The van der Waals surface area contributed by atoms with Crippen LogP contribution in [-0.4, -0.2) is 10.9 Å². The molecule has 1 aromatic rings. The fraction of sp³-hybridized carbons (Fsp3) is 0.400.